The van der Waals surface area contributed by atoms with E-state index in [2.05, 4.69) is 35.9 Å². The van der Waals surface area contributed by atoms with Gasteiger partial charge >= 0.3 is 0 Å². The van der Waals surface area contributed by atoms with Crippen LogP contribution in [0, 0.1) is 0 Å². The molecule has 2 atom stereocenters. The van der Waals surface area contributed by atoms with Crippen LogP contribution >= 0.6 is 23.1 Å². The van der Waals surface area contributed by atoms with E-state index in [9.17, 15) is 4.79 Å². The van der Waals surface area contributed by atoms with Crippen LogP contribution in [0.2, 0.25) is 0 Å². The zero-order valence-corrected chi connectivity index (χ0v) is 13.2. The van der Waals surface area contributed by atoms with Crippen molar-refractivity contribution in [3.05, 3.63) is 17.0 Å². The summed E-state index contributed by atoms with van der Waals surface area (Å²) in [5.41, 5.74) is 1.42. The van der Waals surface area contributed by atoms with Crippen LogP contribution in [0.1, 0.15) is 44.7 Å². The van der Waals surface area contributed by atoms with Crippen LogP contribution in [0.4, 0.5) is 0 Å². The highest BCUT2D eigenvalue weighted by atomic mass is 32.2. The van der Waals surface area contributed by atoms with Gasteiger partial charge in [-0.3, -0.25) is 4.79 Å². The average Bonchev–Trinajstić information content (AvgIpc) is 2.84. The van der Waals surface area contributed by atoms with Crippen LogP contribution in [-0.4, -0.2) is 24.2 Å². The molecule has 0 saturated carbocycles. The highest BCUT2D eigenvalue weighted by molar-refractivity contribution is 8.01. The number of thiophene rings is 1. The number of thioether (sulfide) groups is 1. The molecule has 19 heavy (non-hydrogen) atoms. The monoisotopic (exact) mass is 298 g/mol. The highest BCUT2D eigenvalue weighted by Gasteiger charge is 2.25. The highest BCUT2D eigenvalue weighted by Crippen LogP contribution is 2.43. The Morgan fingerprint density at radius 2 is 2.32 bits per heavy atom. The van der Waals surface area contributed by atoms with Gasteiger partial charge in [-0.2, -0.15) is 0 Å². The molecule has 5 heteroatoms. The van der Waals surface area contributed by atoms with Crippen molar-refractivity contribution < 1.29 is 4.79 Å². The number of nitrogens with one attached hydrogen (secondary N) is 2. The molecule has 0 aliphatic carbocycles. The van der Waals surface area contributed by atoms with Crippen LogP contribution in [0.3, 0.4) is 0 Å². The molecular formula is C14H22N2OS2. The molecule has 1 aliphatic heterocycles. The van der Waals surface area contributed by atoms with Crippen LogP contribution in [0.5, 0.6) is 0 Å². The summed E-state index contributed by atoms with van der Waals surface area (Å²) in [5, 5.41) is 9.26. The minimum absolute atomic E-state index is 0.151. The third-order valence-electron chi connectivity index (χ3n) is 3.22. The predicted molar refractivity (Wildman–Crippen MR) is 82.9 cm³/mol. The standard InChI is InChI=1S/C14H22N2OS2/c1-3-6-16-13(17)4-7-15-12-9-10(2)19-14-11(12)5-8-18-14/h5,8,10,12,15H,3-4,6-7,9H2,1-2H3,(H,16,17)/t10-,12?/m0/s1. The van der Waals surface area contributed by atoms with Crippen LogP contribution in [0.25, 0.3) is 0 Å². The Kier molecular flexibility index (Phi) is 5.73. The summed E-state index contributed by atoms with van der Waals surface area (Å²) in [7, 11) is 0. The van der Waals surface area contributed by atoms with Crippen molar-refractivity contribution in [1.29, 1.82) is 0 Å². The molecule has 2 rings (SSSR count). The van der Waals surface area contributed by atoms with Gasteiger partial charge < -0.3 is 10.6 Å². The third kappa shape index (κ3) is 4.23. The molecule has 0 bridgehead atoms. The second-order valence-corrected chi connectivity index (χ2v) is 7.56. The first kappa shape index (κ1) is 14.9. The molecule has 0 spiro atoms. The van der Waals surface area contributed by atoms with Crippen LogP contribution in [-0.2, 0) is 4.79 Å². The van der Waals surface area contributed by atoms with Gasteiger partial charge in [-0.15, -0.1) is 23.1 Å². The predicted octanol–water partition coefficient (Wildman–Crippen LogP) is 3.18. The van der Waals surface area contributed by atoms with Crippen molar-refractivity contribution in [3.8, 4) is 0 Å². The van der Waals surface area contributed by atoms with Gasteiger partial charge in [0.15, 0.2) is 0 Å². The summed E-state index contributed by atoms with van der Waals surface area (Å²) in [6.45, 7) is 5.88. The second-order valence-electron chi connectivity index (χ2n) is 4.93. The van der Waals surface area contributed by atoms with E-state index in [0.717, 1.165) is 25.9 Å². The Balaban J connectivity index is 1.79. The fraction of sp³-hybridized carbons (Fsp3) is 0.643. The number of carbonyl (C=O) groups is 1. The van der Waals surface area contributed by atoms with Gasteiger partial charge in [0, 0.05) is 30.8 Å². The molecule has 3 nitrogen and oxygen atoms in total. The summed E-state index contributed by atoms with van der Waals surface area (Å²) in [6, 6.07) is 2.63. The largest absolute Gasteiger partial charge is 0.356 e. The molecule has 2 heterocycles. The lowest BCUT2D eigenvalue weighted by molar-refractivity contribution is -0.121. The minimum Gasteiger partial charge on any atom is -0.356 e. The van der Waals surface area contributed by atoms with Crippen molar-refractivity contribution in [3.63, 3.8) is 0 Å². The van der Waals surface area contributed by atoms with E-state index in [1.165, 1.54) is 9.77 Å². The van der Waals surface area contributed by atoms with Gasteiger partial charge in [-0.25, -0.2) is 0 Å². The van der Waals surface area contributed by atoms with Crippen molar-refractivity contribution >= 4 is 29.0 Å². The van der Waals surface area contributed by atoms with E-state index < -0.39 is 0 Å². The third-order valence-corrected chi connectivity index (χ3v) is 5.57. The zero-order chi connectivity index (χ0) is 13.7. The SMILES string of the molecule is CCCNC(=O)CCNC1C[C@H](C)Sc2sccc21. The quantitative estimate of drug-likeness (QED) is 0.847. The van der Waals surface area contributed by atoms with Crippen LogP contribution in [0.15, 0.2) is 15.7 Å². The molecule has 1 aromatic heterocycles. The van der Waals surface area contributed by atoms with Crippen molar-refractivity contribution in [2.75, 3.05) is 13.1 Å². The first-order chi connectivity index (χ1) is 9.20. The second kappa shape index (κ2) is 7.31. The Morgan fingerprint density at radius 1 is 1.47 bits per heavy atom. The van der Waals surface area contributed by atoms with Crippen molar-refractivity contribution in [1.82, 2.24) is 10.6 Å². The lowest BCUT2D eigenvalue weighted by atomic mass is 10.0. The molecule has 1 amide bonds. The summed E-state index contributed by atoms with van der Waals surface area (Å²) < 4.78 is 1.44. The van der Waals surface area contributed by atoms with Crippen molar-refractivity contribution in [2.24, 2.45) is 0 Å². The smallest absolute Gasteiger partial charge is 0.221 e. The van der Waals surface area contributed by atoms with E-state index in [1.807, 2.05) is 23.1 Å². The Morgan fingerprint density at radius 3 is 3.11 bits per heavy atom. The topological polar surface area (TPSA) is 41.1 Å². The maximum atomic E-state index is 11.6. The molecule has 0 fully saturated rings. The molecular weight excluding hydrogens is 276 g/mol. The average molecular weight is 298 g/mol. The summed E-state index contributed by atoms with van der Waals surface area (Å²) in [5.74, 6) is 0.151. The lowest BCUT2D eigenvalue weighted by Crippen LogP contribution is -2.31. The first-order valence-corrected chi connectivity index (χ1v) is 8.70. The fourth-order valence-corrected chi connectivity index (χ4v) is 4.82. The number of amides is 1. The molecule has 1 unspecified atom stereocenters. The van der Waals surface area contributed by atoms with Crippen LogP contribution < -0.4 is 10.6 Å². The molecule has 0 aromatic carbocycles. The number of rotatable bonds is 6. The maximum absolute atomic E-state index is 11.6. The Labute approximate surface area is 123 Å². The Hall–Kier alpha value is -0.520. The van der Waals surface area contributed by atoms with Gasteiger partial charge in [-0.05, 0) is 29.9 Å². The zero-order valence-electron chi connectivity index (χ0n) is 11.6. The van der Waals surface area contributed by atoms with E-state index >= 15 is 0 Å². The van der Waals surface area contributed by atoms with E-state index in [1.54, 1.807) is 0 Å². The molecule has 1 aromatic rings. The summed E-state index contributed by atoms with van der Waals surface area (Å²) in [6.07, 6.45) is 2.71. The molecule has 0 radical (unpaired) electrons. The summed E-state index contributed by atoms with van der Waals surface area (Å²) in [4.78, 5) is 11.6. The molecule has 1 aliphatic rings. The number of fused-ring (bicyclic) bond motifs is 1. The number of hydrogen-bond acceptors (Lipinski definition) is 4. The Bertz CT molecular complexity index is 419. The van der Waals surface area contributed by atoms with Gasteiger partial charge in [0.05, 0.1) is 4.21 Å². The normalized spacial score (nSPS) is 22.0. The lowest BCUT2D eigenvalue weighted by Gasteiger charge is -2.27. The van der Waals surface area contributed by atoms with E-state index in [-0.39, 0.29) is 5.91 Å². The minimum atomic E-state index is 0.151. The number of hydrogen-bond donors (Lipinski definition) is 2. The fourth-order valence-electron chi connectivity index (χ4n) is 2.26. The maximum Gasteiger partial charge on any atom is 0.221 e. The van der Waals surface area contributed by atoms with E-state index in [4.69, 9.17) is 0 Å². The van der Waals surface area contributed by atoms with E-state index in [0.29, 0.717) is 17.7 Å². The van der Waals surface area contributed by atoms with Crippen molar-refractivity contribution in [2.45, 2.75) is 48.6 Å². The van der Waals surface area contributed by atoms with Gasteiger partial charge in [0.1, 0.15) is 0 Å². The van der Waals surface area contributed by atoms with Gasteiger partial charge in [0.25, 0.3) is 0 Å². The van der Waals surface area contributed by atoms with Gasteiger partial charge in [-0.1, -0.05) is 13.8 Å². The number of carbonyl (C=O) groups excluding carboxylic acids is 1. The molecule has 0 saturated heterocycles. The summed E-state index contributed by atoms with van der Waals surface area (Å²) >= 11 is 3.80. The van der Waals surface area contributed by atoms with Gasteiger partial charge in [0.2, 0.25) is 5.91 Å². The first-order valence-electron chi connectivity index (χ1n) is 6.94. The molecule has 106 valence electrons. The molecule has 2 N–H and O–H groups in total.